The van der Waals surface area contributed by atoms with Gasteiger partial charge in [-0.05, 0) is 31.2 Å². The highest BCUT2D eigenvalue weighted by Crippen LogP contribution is 2.27. The lowest BCUT2D eigenvalue weighted by Crippen LogP contribution is -2.17. The molecule has 2 heterocycles. The highest BCUT2D eigenvalue weighted by Gasteiger charge is 2.20. The number of anilines is 2. The maximum Gasteiger partial charge on any atom is 0.263 e. The van der Waals surface area contributed by atoms with Crippen LogP contribution in [0.4, 0.5) is 11.6 Å². The van der Waals surface area contributed by atoms with Crippen LogP contribution in [0.1, 0.15) is 18.5 Å². The van der Waals surface area contributed by atoms with Crippen molar-refractivity contribution < 1.29 is 8.42 Å². The van der Waals surface area contributed by atoms with E-state index in [1.165, 1.54) is 12.1 Å². The molecule has 0 aliphatic rings. The molecule has 0 aliphatic heterocycles. The number of hydrogen-bond acceptors (Lipinski definition) is 6. The molecule has 4 rings (SSSR count). The molecule has 2 N–H and O–H groups in total. The van der Waals surface area contributed by atoms with Gasteiger partial charge in [0.2, 0.25) is 0 Å². The second-order valence-electron chi connectivity index (χ2n) is 6.64. The Morgan fingerprint density at radius 1 is 0.931 bits per heavy atom. The molecule has 1 unspecified atom stereocenters. The Hall–Kier alpha value is -3.46. The number of hydrogen-bond donors (Lipinski definition) is 2. The van der Waals surface area contributed by atoms with Crippen LogP contribution in [0.25, 0.3) is 11.0 Å². The second kappa shape index (κ2) is 7.51. The van der Waals surface area contributed by atoms with E-state index in [1.807, 2.05) is 38.4 Å². The summed E-state index contributed by atoms with van der Waals surface area (Å²) in [5.74, 6) is 0.489. The fourth-order valence-electron chi connectivity index (χ4n) is 2.91. The lowest BCUT2D eigenvalue weighted by Gasteiger charge is -2.17. The van der Waals surface area contributed by atoms with Crippen LogP contribution in [-0.2, 0) is 17.1 Å². The first-order valence-corrected chi connectivity index (χ1v) is 10.5. The van der Waals surface area contributed by atoms with Crippen molar-refractivity contribution >= 4 is 32.7 Å². The standard InChI is InChI=1S/C20H20N6O2S/c1-14(15-12-21-26(2)13-15)22-19-20(24-18-11-7-6-10-17(18)23-19)25-29(27,28)16-8-4-3-5-9-16/h3-14H,1-2H3,(H,22,23)(H,24,25). The van der Waals surface area contributed by atoms with Gasteiger partial charge in [-0.15, -0.1) is 0 Å². The summed E-state index contributed by atoms with van der Waals surface area (Å²) in [6.45, 7) is 1.95. The van der Waals surface area contributed by atoms with Crippen LogP contribution < -0.4 is 10.0 Å². The Labute approximate surface area is 168 Å². The van der Waals surface area contributed by atoms with Crippen LogP contribution in [0, 0.1) is 0 Å². The van der Waals surface area contributed by atoms with Crippen molar-refractivity contribution in [3.63, 3.8) is 0 Å². The van der Waals surface area contributed by atoms with Crippen LogP contribution in [0.15, 0.2) is 71.9 Å². The van der Waals surface area contributed by atoms with E-state index in [0.29, 0.717) is 16.9 Å². The molecule has 148 valence electrons. The van der Waals surface area contributed by atoms with Gasteiger partial charge in [-0.25, -0.2) is 18.4 Å². The largest absolute Gasteiger partial charge is 0.360 e. The third-order valence-electron chi connectivity index (χ3n) is 4.43. The lowest BCUT2D eigenvalue weighted by atomic mass is 10.2. The molecule has 29 heavy (non-hydrogen) atoms. The average Bonchev–Trinajstić information content (AvgIpc) is 3.15. The number of fused-ring (bicyclic) bond motifs is 1. The van der Waals surface area contributed by atoms with Gasteiger partial charge in [-0.1, -0.05) is 30.3 Å². The molecule has 0 fully saturated rings. The first-order chi connectivity index (χ1) is 13.9. The van der Waals surface area contributed by atoms with Crippen molar-refractivity contribution in [2.75, 3.05) is 10.0 Å². The molecule has 0 spiro atoms. The smallest absolute Gasteiger partial charge is 0.263 e. The zero-order valence-corrected chi connectivity index (χ0v) is 16.8. The topological polar surface area (TPSA) is 102 Å². The van der Waals surface area contributed by atoms with Crippen LogP contribution in [0.2, 0.25) is 0 Å². The van der Waals surface area contributed by atoms with Gasteiger partial charge >= 0.3 is 0 Å². The number of nitrogens with one attached hydrogen (secondary N) is 2. The maximum absolute atomic E-state index is 12.8. The van der Waals surface area contributed by atoms with Gasteiger partial charge in [0.1, 0.15) is 0 Å². The lowest BCUT2D eigenvalue weighted by molar-refractivity contribution is 0.601. The number of aryl methyl sites for hydroxylation is 1. The molecule has 0 aliphatic carbocycles. The van der Waals surface area contributed by atoms with Crippen LogP contribution in [0.5, 0.6) is 0 Å². The fraction of sp³-hybridized carbons (Fsp3) is 0.150. The monoisotopic (exact) mass is 408 g/mol. The molecule has 1 atom stereocenters. The van der Waals surface area contributed by atoms with E-state index in [0.717, 1.165) is 5.56 Å². The van der Waals surface area contributed by atoms with Crippen molar-refractivity contribution in [3.05, 3.63) is 72.6 Å². The molecule has 0 radical (unpaired) electrons. The van der Waals surface area contributed by atoms with E-state index in [4.69, 9.17) is 0 Å². The predicted molar refractivity (Wildman–Crippen MR) is 112 cm³/mol. The van der Waals surface area contributed by atoms with Crippen molar-refractivity contribution in [1.82, 2.24) is 19.7 Å². The SMILES string of the molecule is CC(Nc1nc2ccccc2nc1NS(=O)(=O)c1ccccc1)c1cnn(C)c1. The van der Waals surface area contributed by atoms with Gasteiger partial charge in [0, 0.05) is 18.8 Å². The second-order valence-corrected chi connectivity index (χ2v) is 8.32. The Morgan fingerprint density at radius 2 is 1.55 bits per heavy atom. The fourth-order valence-corrected chi connectivity index (χ4v) is 3.94. The molecule has 0 bridgehead atoms. The zero-order chi connectivity index (χ0) is 20.4. The molecule has 9 heteroatoms. The predicted octanol–water partition coefficient (Wildman–Crippen LogP) is 3.34. The van der Waals surface area contributed by atoms with E-state index < -0.39 is 10.0 Å². The summed E-state index contributed by atoms with van der Waals surface area (Å²) in [6, 6.07) is 15.3. The van der Waals surface area contributed by atoms with Crippen LogP contribution in [-0.4, -0.2) is 28.2 Å². The van der Waals surface area contributed by atoms with Gasteiger partial charge in [0.25, 0.3) is 10.0 Å². The third kappa shape index (κ3) is 4.04. The summed E-state index contributed by atoms with van der Waals surface area (Å²) in [5.41, 5.74) is 2.20. The number of aromatic nitrogens is 4. The Kier molecular flexibility index (Phi) is 4.89. The molecule has 2 aromatic heterocycles. The Balaban J connectivity index is 1.74. The molecule has 0 saturated heterocycles. The molecular weight excluding hydrogens is 388 g/mol. The van der Waals surface area contributed by atoms with Crippen molar-refractivity contribution in [2.45, 2.75) is 17.9 Å². The average molecular weight is 408 g/mol. The van der Waals surface area contributed by atoms with Gasteiger partial charge < -0.3 is 5.32 Å². The normalized spacial score (nSPS) is 12.6. The third-order valence-corrected chi connectivity index (χ3v) is 5.79. The van der Waals surface area contributed by atoms with E-state index in [2.05, 4.69) is 25.1 Å². The van der Waals surface area contributed by atoms with Gasteiger partial charge in [-0.2, -0.15) is 5.10 Å². The number of para-hydroxylation sites is 2. The molecule has 0 amide bonds. The van der Waals surface area contributed by atoms with E-state index >= 15 is 0 Å². The maximum atomic E-state index is 12.8. The highest BCUT2D eigenvalue weighted by molar-refractivity contribution is 7.92. The van der Waals surface area contributed by atoms with E-state index in [1.54, 1.807) is 35.1 Å². The zero-order valence-electron chi connectivity index (χ0n) is 15.9. The minimum absolute atomic E-state index is 0.142. The Bertz CT molecular complexity index is 1250. The molecular formula is C20H20N6O2S. The van der Waals surface area contributed by atoms with Crippen molar-refractivity contribution in [2.24, 2.45) is 7.05 Å². The number of nitrogens with zero attached hydrogens (tertiary/aromatic N) is 4. The molecule has 0 saturated carbocycles. The summed E-state index contributed by atoms with van der Waals surface area (Å²) >= 11 is 0. The molecule has 2 aromatic carbocycles. The van der Waals surface area contributed by atoms with Gasteiger partial charge in [-0.3, -0.25) is 9.40 Å². The first-order valence-electron chi connectivity index (χ1n) is 9.02. The quantitative estimate of drug-likeness (QED) is 0.507. The van der Waals surface area contributed by atoms with E-state index in [9.17, 15) is 8.42 Å². The van der Waals surface area contributed by atoms with Crippen molar-refractivity contribution in [1.29, 1.82) is 0 Å². The van der Waals surface area contributed by atoms with Crippen molar-refractivity contribution in [3.8, 4) is 0 Å². The summed E-state index contributed by atoms with van der Waals surface area (Å²) in [6.07, 6.45) is 3.64. The van der Waals surface area contributed by atoms with E-state index in [-0.39, 0.29) is 16.8 Å². The van der Waals surface area contributed by atoms with Crippen LogP contribution in [0.3, 0.4) is 0 Å². The minimum Gasteiger partial charge on any atom is -0.360 e. The number of sulfonamides is 1. The van der Waals surface area contributed by atoms with Gasteiger partial charge in [0.15, 0.2) is 11.6 Å². The Morgan fingerprint density at radius 3 is 2.17 bits per heavy atom. The summed E-state index contributed by atoms with van der Waals surface area (Å²) < 4.78 is 29.9. The van der Waals surface area contributed by atoms with Gasteiger partial charge in [0.05, 0.1) is 28.2 Å². The first kappa shape index (κ1) is 18.9. The summed E-state index contributed by atoms with van der Waals surface area (Å²) in [5, 5.41) is 7.43. The summed E-state index contributed by atoms with van der Waals surface area (Å²) in [4.78, 5) is 9.25. The summed E-state index contributed by atoms with van der Waals surface area (Å²) in [7, 11) is -1.97. The highest BCUT2D eigenvalue weighted by atomic mass is 32.2. The minimum atomic E-state index is -3.81. The number of benzene rings is 2. The number of rotatable bonds is 6. The molecule has 8 nitrogen and oxygen atoms in total. The van der Waals surface area contributed by atoms with Crippen LogP contribution >= 0.6 is 0 Å². The molecule has 4 aromatic rings.